The van der Waals surface area contributed by atoms with E-state index in [9.17, 15) is 46.1 Å². The Morgan fingerprint density at radius 2 is 1.72 bits per heavy atom. The highest BCUT2D eigenvalue weighted by molar-refractivity contribution is 7.10. The molecule has 2 aromatic heterocycles. The smallest absolute Gasteiger partial charge is 0.425 e. The Bertz CT molecular complexity index is 1770. The Morgan fingerprint density at radius 3 is 2.35 bits per heavy atom. The summed E-state index contributed by atoms with van der Waals surface area (Å²) in [5, 5.41) is 22.6. The topological polar surface area (TPSA) is 112 Å². The molecular formula is C38H45F6N3O6S. The van der Waals surface area contributed by atoms with Crippen molar-refractivity contribution in [3.63, 3.8) is 0 Å². The van der Waals surface area contributed by atoms with Crippen molar-refractivity contribution in [2.75, 3.05) is 26.2 Å². The highest BCUT2D eigenvalue weighted by Gasteiger charge is 2.55. The maximum atomic E-state index is 14.9. The zero-order valence-corrected chi connectivity index (χ0v) is 31.1. The second-order valence-electron chi connectivity index (χ2n) is 14.7. The number of amides is 1. The molecule has 296 valence electrons. The number of piperidine rings is 2. The molecule has 0 aliphatic carbocycles. The van der Waals surface area contributed by atoms with Gasteiger partial charge in [-0.2, -0.15) is 26.3 Å². The minimum atomic E-state index is -4.66. The number of carboxylic acid groups (broad SMARTS) is 1. The van der Waals surface area contributed by atoms with Crippen molar-refractivity contribution in [2.45, 2.75) is 102 Å². The molecule has 2 aliphatic heterocycles. The maximum absolute atomic E-state index is 14.9. The molecule has 2 N–H and O–H groups in total. The lowest BCUT2D eigenvalue weighted by Crippen LogP contribution is -2.67. The second-order valence-corrected chi connectivity index (χ2v) is 15.6. The highest BCUT2D eigenvalue weighted by atomic mass is 32.1. The van der Waals surface area contributed by atoms with Crippen molar-refractivity contribution in [3.8, 4) is 11.5 Å². The van der Waals surface area contributed by atoms with E-state index in [0.717, 1.165) is 24.5 Å². The van der Waals surface area contributed by atoms with Gasteiger partial charge in [-0.05, 0) is 76.6 Å². The number of nitrogens with zero attached hydrogens (tertiary/aromatic N) is 3. The molecule has 0 unspecified atom stereocenters. The number of aliphatic hydroxyl groups is 1. The Morgan fingerprint density at radius 1 is 1.02 bits per heavy atom. The summed E-state index contributed by atoms with van der Waals surface area (Å²) in [6.07, 6.45) is -5.56. The van der Waals surface area contributed by atoms with E-state index in [1.165, 1.54) is 10.3 Å². The third-order valence-corrected chi connectivity index (χ3v) is 11.4. The van der Waals surface area contributed by atoms with Gasteiger partial charge in [0, 0.05) is 49.0 Å². The summed E-state index contributed by atoms with van der Waals surface area (Å²) in [5.41, 5.74) is -4.72. The van der Waals surface area contributed by atoms with E-state index < -0.39 is 57.3 Å². The van der Waals surface area contributed by atoms with Crippen LogP contribution in [0.4, 0.5) is 26.3 Å². The Kier molecular flexibility index (Phi) is 12.3. The molecule has 54 heavy (non-hydrogen) atoms. The van der Waals surface area contributed by atoms with E-state index in [0.29, 0.717) is 48.5 Å². The van der Waals surface area contributed by atoms with Crippen molar-refractivity contribution in [1.29, 1.82) is 0 Å². The number of benzene rings is 1. The minimum Gasteiger partial charge on any atom is -0.493 e. The first-order chi connectivity index (χ1) is 25.3. The molecule has 3 aromatic rings. The molecule has 9 nitrogen and oxygen atoms in total. The summed E-state index contributed by atoms with van der Waals surface area (Å²) in [6.45, 7) is 5.28. The summed E-state index contributed by atoms with van der Waals surface area (Å²) in [4.78, 5) is 32.7. The van der Waals surface area contributed by atoms with Crippen molar-refractivity contribution in [3.05, 3.63) is 75.7 Å². The van der Waals surface area contributed by atoms with Gasteiger partial charge in [0.05, 0.1) is 29.2 Å². The average molecular weight is 786 g/mol. The van der Waals surface area contributed by atoms with Crippen molar-refractivity contribution < 1.29 is 55.6 Å². The molecule has 1 aromatic carbocycles. The average Bonchev–Trinajstić information content (AvgIpc) is 3.59. The molecule has 2 saturated heterocycles. The monoisotopic (exact) mass is 785 g/mol. The first kappa shape index (κ1) is 41.3. The van der Waals surface area contributed by atoms with Crippen LogP contribution >= 0.6 is 11.3 Å². The van der Waals surface area contributed by atoms with Crippen LogP contribution < -0.4 is 9.47 Å². The van der Waals surface area contributed by atoms with Crippen molar-refractivity contribution in [1.82, 2.24) is 14.8 Å². The molecular weight excluding hydrogens is 740 g/mol. The first-order valence-electron chi connectivity index (χ1n) is 17.9. The number of aliphatic carboxylic acids is 1. The van der Waals surface area contributed by atoms with Crippen LogP contribution in [-0.4, -0.2) is 74.8 Å². The van der Waals surface area contributed by atoms with E-state index in [4.69, 9.17) is 9.47 Å². The number of para-hydroxylation sites is 1. The third-order valence-electron chi connectivity index (χ3n) is 10.5. The number of likely N-dealkylation sites (tertiary alicyclic amines) is 2. The van der Waals surface area contributed by atoms with Gasteiger partial charge in [0.2, 0.25) is 5.60 Å². The summed E-state index contributed by atoms with van der Waals surface area (Å²) in [5.74, 6) is -1.28. The van der Waals surface area contributed by atoms with E-state index in [1.54, 1.807) is 43.0 Å². The van der Waals surface area contributed by atoms with Crippen molar-refractivity contribution >= 4 is 23.2 Å². The van der Waals surface area contributed by atoms with Crippen LogP contribution in [0.1, 0.15) is 87.3 Å². The summed E-state index contributed by atoms with van der Waals surface area (Å²) >= 11 is 0.425. The number of hydrogen-bond acceptors (Lipinski definition) is 8. The van der Waals surface area contributed by atoms with Gasteiger partial charge in [-0.15, -0.1) is 11.3 Å². The van der Waals surface area contributed by atoms with Gasteiger partial charge in [0.1, 0.15) is 16.4 Å². The standard InChI is InChI=1S/C38H45F6N3O6S/c1-4-8-30-36(53-26-21-31(54-24-26)38(42,43)44,12-7-17-47(30)23-25-22-45-16-11-27(25)37(39,40)41)32(48)46-18-13-35(51,14-19-46)28-9-5-6-10-29(28)52-20-15-34(2,3)33(49)50/h5-6,9-11,16,21-22,24,30,51H,4,7-8,12-15,17-20,23H2,1-3H3,(H,49,50)/t30-,36+/m1/s1. The Labute approximate surface area is 313 Å². The fraction of sp³-hybridized carbons (Fsp3) is 0.553. The predicted molar refractivity (Wildman–Crippen MR) is 188 cm³/mol. The summed E-state index contributed by atoms with van der Waals surface area (Å²) < 4.78 is 95.5. The molecule has 0 spiro atoms. The van der Waals surface area contributed by atoms with E-state index in [1.807, 2.05) is 6.92 Å². The van der Waals surface area contributed by atoms with Gasteiger partial charge in [-0.3, -0.25) is 19.5 Å². The van der Waals surface area contributed by atoms with Gasteiger partial charge in [-0.1, -0.05) is 31.5 Å². The summed E-state index contributed by atoms with van der Waals surface area (Å²) in [7, 11) is 0. The minimum absolute atomic E-state index is 0.0396. The van der Waals surface area contributed by atoms with Crippen LogP contribution in [0.25, 0.3) is 0 Å². The van der Waals surface area contributed by atoms with E-state index in [-0.39, 0.29) is 63.2 Å². The number of thiophene rings is 1. The first-order valence-corrected chi connectivity index (χ1v) is 18.7. The molecule has 2 atom stereocenters. The van der Waals surface area contributed by atoms with Crippen LogP contribution in [0.3, 0.4) is 0 Å². The zero-order valence-electron chi connectivity index (χ0n) is 30.3. The van der Waals surface area contributed by atoms with E-state index in [2.05, 4.69) is 4.98 Å². The Hall–Kier alpha value is -3.89. The van der Waals surface area contributed by atoms with Gasteiger partial charge < -0.3 is 24.6 Å². The fourth-order valence-corrected chi connectivity index (χ4v) is 8.03. The van der Waals surface area contributed by atoms with Gasteiger partial charge in [0.25, 0.3) is 5.91 Å². The second kappa shape index (κ2) is 16.1. The van der Waals surface area contributed by atoms with Gasteiger partial charge in [0.15, 0.2) is 0 Å². The van der Waals surface area contributed by atoms with Crippen LogP contribution in [0.5, 0.6) is 11.5 Å². The van der Waals surface area contributed by atoms with E-state index >= 15 is 0 Å². The number of alkyl halides is 6. The molecule has 4 heterocycles. The van der Waals surface area contributed by atoms with Crippen LogP contribution in [-0.2, 0) is 34.1 Å². The molecule has 1 amide bonds. The predicted octanol–water partition coefficient (Wildman–Crippen LogP) is 8.15. The number of carbonyl (C=O) groups excluding carboxylic acids is 1. The number of ether oxygens (including phenoxy) is 2. The summed E-state index contributed by atoms with van der Waals surface area (Å²) in [6, 6.07) is 7.76. The normalized spacial score (nSPS) is 21.1. The largest absolute Gasteiger partial charge is 0.493 e. The molecule has 0 bridgehead atoms. The molecule has 0 radical (unpaired) electrons. The number of halogens is 6. The number of hydrogen-bond donors (Lipinski definition) is 2. The lowest BCUT2D eigenvalue weighted by molar-refractivity contribution is -0.166. The lowest BCUT2D eigenvalue weighted by Gasteiger charge is -2.51. The molecule has 16 heteroatoms. The van der Waals surface area contributed by atoms with Crippen LogP contribution in [0, 0.1) is 5.41 Å². The van der Waals surface area contributed by atoms with Gasteiger partial charge in [-0.25, -0.2) is 0 Å². The number of carboxylic acids is 1. The lowest BCUT2D eigenvalue weighted by atomic mass is 9.78. The quantitative estimate of drug-likeness (QED) is 0.167. The SMILES string of the molecule is CCC[C@H]1N(Cc2cnccc2C(F)(F)F)CCC[C@@]1(Oc1csc(C(F)(F)F)c1)C(=O)N1CCC(O)(c2ccccc2OCCC(C)(C)C(=O)O)CC1. The third kappa shape index (κ3) is 8.97. The number of rotatable bonds is 13. The molecule has 5 rings (SSSR count). The number of carbonyl (C=O) groups is 2. The molecule has 0 saturated carbocycles. The van der Waals surface area contributed by atoms with Crippen LogP contribution in [0.2, 0.25) is 0 Å². The fourth-order valence-electron chi connectivity index (χ4n) is 7.35. The maximum Gasteiger partial charge on any atom is 0.425 e. The van der Waals surface area contributed by atoms with Crippen molar-refractivity contribution in [2.24, 2.45) is 5.41 Å². The van der Waals surface area contributed by atoms with Crippen LogP contribution in [0.15, 0.2) is 54.2 Å². The molecule has 2 fully saturated rings. The highest BCUT2D eigenvalue weighted by Crippen LogP contribution is 2.44. The number of aromatic nitrogens is 1. The zero-order chi connectivity index (χ0) is 39.5. The Balaban J connectivity index is 1.44. The molecule has 2 aliphatic rings. The number of pyridine rings is 1. The van der Waals surface area contributed by atoms with Gasteiger partial charge >= 0.3 is 18.3 Å².